The van der Waals surface area contributed by atoms with E-state index in [-0.39, 0.29) is 22.5 Å². The summed E-state index contributed by atoms with van der Waals surface area (Å²) in [5.41, 5.74) is 5.73. The number of benzene rings is 3. The van der Waals surface area contributed by atoms with Crippen molar-refractivity contribution in [1.82, 2.24) is 9.97 Å². The molecule has 1 heterocycles. The Bertz CT molecular complexity index is 1260. The quantitative estimate of drug-likeness (QED) is 0.257. The van der Waals surface area contributed by atoms with Crippen molar-refractivity contribution >= 4 is 35.4 Å². The number of phenolic OH excluding ortho intramolecular Hbond substituents is 2. The summed E-state index contributed by atoms with van der Waals surface area (Å²) in [6, 6.07) is 21.3. The number of nitrogens with one attached hydrogen (secondary N) is 1. The van der Waals surface area contributed by atoms with E-state index < -0.39 is 0 Å². The van der Waals surface area contributed by atoms with Gasteiger partial charge in [-0.3, -0.25) is 0 Å². The fraction of sp³-hybridized carbons (Fsp3) is 0. The molecule has 0 saturated heterocycles. The molecule has 8 heteroatoms. The second kappa shape index (κ2) is 9.04. The van der Waals surface area contributed by atoms with Gasteiger partial charge in [0.05, 0.1) is 22.6 Å². The first-order valence-electron chi connectivity index (χ1n) is 9.21. The maximum atomic E-state index is 10.3. The van der Waals surface area contributed by atoms with E-state index in [0.29, 0.717) is 27.5 Å². The molecule has 0 atom stereocenters. The third-order valence-corrected chi connectivity index (χ3v) is 4.91. The minimum atomic E-state index is -0.134. The molecule has 31 heavy (non-hydrogen) atoms. The number of hydrogen-bond acceptors (Lipinski definition) is 6. The van der Waals surface area contributed by atoms with Crippen LogP contribution in [0.5, 0.6) is 11.5 Å². The number of aromatic nitrogens is 2. The summed E-state index contributed by atoms with van der Waals surface area (Å²) in [4.78, 5) is 8.98. The predicted octanol–water partition coefficient (Wildman–Crippen LogP) is 5.97. The van der Waals surface area contributed by atoms with Crippen molar-refractivity contribution in [2.24, 2.45) is 5.10 Å². The van der Waals surface area contributed by atoms with Crippen LogP contribution in [0.15, 0.2) is 77.9 Å². The van der Waals surface area contributed by atoms with Gasteiger partial charge in [-0.15, -0.1) is 0 Å². The molecule has 3 N–H and O–H groups in total. The molecule has 1 aromatic heterocycles. The summed E-state index contributed by atoms with van der Waals surface area (Å²) in [6.07, 6.45) is 1.37. The van der Waals surface area contributed by atoms with Gasteiger partial charge in [-0.1, -0.05) is 65.7 Å². The second-order valence-electron chi connectivity index (χ2n) is 6.54. The molecule has 0 radical (unpaired) electrons. The Kier molecular flexibility index (Phi) is 6.02. The van der Waals surface area contributed by atoms with Crippen molar-refractivity contribution in [3.63, 3.8) is 0 Å². The molecule has 0 bridgehead atoms. The van der Waals surface area contributed by atoms with Gasteiger partial charge in [0.2, 0.25) is 5.95 Å². The fourth-order valence-electron chi connectivity index (χ4n) is 2.93. The first-order valence-corrected chi connectivity index (χ1v) is 9.97. The molecule has 154 valence electrons. The van der Waals surface area contributed by atoms with Crippen molar-refractivity contribution in [2.45, 2.75) is 0 Å². The maximum Gasteiger partial charge on any atom is 0.244 e. The number of hydrazone groups is 1. The Hall–Kier alpha value is -3.61. The van der Waals surface area contributed by atoms with E-state index in [1.54, 1.807) is 24.3 Å². The highest BCUT2D eigenvalue weighted by Gasteiger charge is 2.11. The lowest BCUT2D eigenvalue weighted by atomic mass is 10.1. The number of anilines is 1. The van der Waals surface area contributed by atoms with Crippen LogP contribution in [0.2, 0.25) is 10.0 Å². The minimum absolute atomic E-state index is 0.105. The lowest BCUT2D eigenvalue weighted by Crippen LogP contribution is -2.00. The molecule has 0 aliphatic carbocycles. The minimum Gasteiger partial charge on any atom is -0.507 e. The topological polar surface area (TPSA) is 90.6 Å². The van der Waals surface area contributed by atoms with E-state index in [1.807, 2.05) is 36.4 Å². The van der Waals surface area contributed by atoms with E-state index in [1.165, 1.54) is 18.3 Å². The van der Waals surface area contributed by atoms with Crippen molar-refractivity contribution in [3.8, 4) is 34.0 Å². The van der Waals surface area contributed by atoms with Crippen LogP contribution in [0, 0.1) is 0 Å². The molecule has 0 spiro atoms. The van der Waals surface area contributed by atoms with Gasteiger partial charge in [0, 0.05) is 21.7 Å². The van der Waals surface area contributed by atoms with Crippen LogP contribution in [0.25, 0.3) is 22.5 Å². The molecule has 4 aromatic rings. The lowest BCUT2D eigenvalue weighted by molar-refractivity contribution is 0.474. The maximum absolute atomic E-state index is 10.3. The second-order valence-corrected chi connectivity index (χ2v) is 7.38. The molecule has 0 amide bonds. The first kappa shape index (κ1) is 20.7. The molecule has 0 fully saturated rings. The zero-order chi connectivity index (χ0) is 21.8. The predicted molar refractivity (Wildman–Crippen MR) is 124 cm³/mol. The van der Waals surface area contributed by atoms with Crippen LogP contribution in [0.1, 0.15) is 5.56 Å². The van der Waals surface area contributed by atoms with Crippen LogP contribution in [-0.2, 0) is 0 Å². The van der Waals surface area contributed by atoms with Gasteiger partial charge >= 0.3 is 0 Å². The Labute approximate surface area is 188 Å². The summed E-state index contributed by atoms with van der Waals surface area (Å²) in [5, 5.41) is 24.9. The van der Waals surface area contributed by atoms with Crippen LogP contribution in [0.3, 0.4) is 0 Å². The number of phenols is 2. The van der Waals surface area contributed by atoms with Crippen molar-refractivity contribution < 1.29 is 10.2 Å². The third-order valence-electron chi connectivity index (χ3n) is 4.40. The summed E-state index contributed by atoms with van der Waals surface area (Å²) in [5.74, 6) is 0.182. The van der Waals surface area contributed by atoms with Crippen molar-refractivity contribution in [2.75, 3.05) is 5.43 Å². The summed E-state index contributed by atoms with van der Waals surface area (Å²) in [7, 11) is 0. The van der Waals surface area contributed by atoms with Gasteiger partial charge in [-0.05, 0) is 30.3 Å². The summed E-state index contributed by atoms with van der Waals surface area (Å²) < 4.78 is 0. The van der Waals surface area contributed by atoms with Gasteiger partial charge in [-0.2, -0.15) is 5.10 Å². The average Bonchev–Trinajstić information content (AvgIpc) is 2.78. The standard InChI is InChI=1S/C23H16Cl2N4O2/c24-16-10-15(22(31)18(25)11-16)13-26-29-23-27-19(14-6-2-1-3-7-14)12-20(28-23)17-8-4-5-9-21(17)30/h1-13,30-31H,(H,27,28,29)/b26-13+. The van der Waals surface area contributed by atoms with Gasteiger partial charge in [0.1, 0.15) is 11.5 Å². The highest BCUT2D eigenvalue weighted by Crippen LogP contribution is 2.31. The van der Waals surface area contributed by atoms with Gasteiger partial charge in [-0.25, -0.2) is 15.4 Å². The third kappa shape index (κ3) is 4.77. The molecule has 0 saturated carbocycles. The number of aromatic hydroxyl groups is 2. The van der Waals surface area contributed by atoms with E-state index in [2.05, 4.69) is 20.5 Å². The normalized spacial score (nSPS) is 11.0. The molecular formula is C23H16Cl2N4O2. The largest absolute Gasteiger partial charge is 0.507 e. The Balaban J connectivity index is 1.72. The number of rotatable bonds is 5. The fourth-order valence-corrected chi connectivity index (χ4v) is 3.44. The monoisotopic (exact) mass is 450 g/mol. The lowest BCUT2D eigenvalue weighted by Gasteiger charge is -2.09. The molecular weight excluding hydrogens is 435 g/mol. The Morgan fingerprint density at radius 1 is 0.839 bits per heavy atom. The van der Waals surface area contributed by atoms with Crippen molar-refractivity contribution in [1.29, 1.82) is 0 Å². The molecule has 0 aliphatic heterocycles. The Morgan fingerprint density at radius 2 is 1.55 bits per heavy atom. The molecule has 0 unspecified atom stereocenters. The van der Waals surface area contributed by atoms with Crippen LogP contribution < -0.4 is 5.43 Å². The van der Waals surface area contributed by atoms with Crippen LogP contribution >= 0.6 is 23.2 Å². The molecule has 4 rings (SSSR count). The number of para-hydroxylation sites is 1. The number of nitrogens with zero attached hydrogens (tertiary/aromatic N) is 3. The van der Waals surface area contributed by atoms with E-state index in [9.17, 15) is 10.2 Å². The SMILES string of the molecule is Oc1ccccc1-c1cc(-c2ccccc2)nc(N/N=C/c2cc(Cl)cc(Cl)c2O)n1. The van der Waals surface area contributed by atoms with Crippen molar-refractivity contribution in [3.05, 3.63) is 88.4 Å². The van der Waals surface area contributed by atoms with E-state index in [4.69, 9.17) is 23.2 Å². The number of halogens is 2. The van der Waals surface area contributed by atoms with Gasteiger partial charge < -0.3 is 10.2 Å². The van der Waals surface area contributed by atoms with E-state index in [0.717, 1.165) is 5.56 Å². The van der Waals surface area contributed by atoms with Gasteiger partial charge in [0.15, 0.2) is 0 Å². The highest BCUT2D eigenvalue weighted by molar-refractivity contribution is 6.36. The Morgan fingerprint density at radius 3 is 2.32 bits per heavy atom. The molecule has 3 aromatic carbocycles. The number of hydrogen-bond donors (Lipinski definition) is 3. The first-order chi connectivity index (χ1) is 15.0. The van der Waals surface area contributed by atoms with E-state index >= 15 is 0 Å². The summed E-state index contributed by atoms with van der Waals surface area (Å²) >= 11 is 11.9. The van der Waals surface area contributed by atoms with Gasteiger partial charge in [0.25, 0.3) is 0 Å². The smallest absolute Gasteiger partial charge is 0.244 e. The average molecular weight is 451 g/mol. The molecule has 6 nitrogen and oxygen atoms in total. The van der Waals surface area contributed by atoms with Crippen LogP contribution in [-0.4, -0.2) is 26.4 Å². The molecule has 0 aliphatic rings. The van der Waals surface area contributed by atoms with Crippen LogP contribution in [0.4, 0.5) is 5.95 Å². The highest BCUT2D eigenvalue weighted by atomic mass is 35.5. The summed E-state index contributed by atoms with van der Waals surface area (Å²) in [6.45, 7) is 0. The zero-order valence-electron chi connectivity index (χ0n) is 16.0. The zero-order valence-corrected chi connectivity index (χ0v) is 17.5.